The van der Waals surface area contributed by atoms with Crippen LogP contribution in [-0.2, 0) is 14.4 Å². The van der Waals surface area contributed by atoms with Crippen molar-refractivity contribution in [2.24, 2.45) is 5.92 Å². The van der Waals surface area contributed by atoms with Crippen molar-refractivity contribution in [3.05, 3.63) is 0 Å². The van der Waals surface area contributed by atoms with Crippen LogP contribution in [0.1, 0.15) is 20.3 Å². The quantitative estimate of drug-likeness (QED) is 0.825. The summed E-state index contributed by atoms with van der Waals surface area (Å²) in [5.74, 6) is -1.05. The van der Waals surface area contributed by atoms with E-state index < -0.39 is 12.0 Å². The number of carbonyl (C=O) groups is 3. The highest BCUT2D eigenvalue weighted by Gasteiger charge is 2.40. The maximum Gasteiger partial charge on any atom is 0.326 e. The first kappa shape index (κ1) is 16.4. The molecule has 1 aliphatic heterocycles. The number of nitrogens with zero attached hydrogens (tertiary/aromatic N) is 1. The first-order valence-corrected chi connectivity index (χ1v) is 8.33. The van der Waals surface area contributed by atoms with Gasteiger partial charge in [0, 0.05) is 30.4 Å². The van der Waals surface area contributed by atoms with Crippen molar-refractivity contribution in [1.82, 2.24) is 4.90 Å². The number of amides is 1. The van der Waals surface area contributed by atoms with Gasteiger partial charge in [-0.15, -0.1) is 0 Å². The van der Waals surface area contributed by atoms with E-state index >= 15 is 0 Å². The van der Waals surface area contributed by atoms with Crippen LogP contribution in [0.15, 0.2) is 0 Å². The molecule has 1 amide bonds. The van der Waals surface area contributed by atoms with Gasteiger partial charge in [0.25, 0.3) is 0 Å². The van der Waals surface area contributed by atoms with Gasteiger partial charge in [0.05, 0.1) is 0 Å². The zero-order valence-corrected chi connectivity index (χ0v) is 12.9. The number of hydrogen-bond donors (Lipinski definition) is 1. The third-order valence-corrected chi connectivity index (χ3v) is 5.20. The summed E-state index contributed by atoms with van der Waals surface area (Å²) >= 11 is 2.69. The Morgan fingerprint density at radius 2 is 2.05 bits per heavy atom. The number of thioether (sulfide) groups is 2. The standard InChI is InChI=1S/C12H19NO4S2/c1-7(6-19-8(2)14)11(15)13-5-9(18-3)4-10(13)12(16)17/h7,9-10H,4-6H2,1-3H3,(H,16,17)/t7?,9-,10-/m0/s1. The maximum atomic E-state index is 12.3. The van der Waals surface area contributed by atoms with Crippen molar-refractivity contribution in [2.45, 2.75) is 31.6 Å². The molecule has 108 valence electrons. The van der Waals surface area contributed by atoms with E-state index in [1.807, 2.05) is 6.26 Å². The Bertz CT molecular complexity index is 375. The highest BCUT2D eigenvalue weighted by molar-refractivity contribution is 8.13. The second kappa shape index (κ2) is 7.19. The molecular weight excluding hydrogens is 286 g/mol. The summed E-state index contributed by atoms with van der Waals surface area (Å²) in [6.45, 7) is 3.68. The summed E-state index contributed by atoms with van der Waals surface area (Å²) in [5, 5.41) is 9.33. The second-order valence-electron chi connectivity index (χ2n) is 4.64. The molecule has 0 aliphatic carbocycles. The molecule has 0 spiro atoms. The lowest BCUT2D eigenvalue weighted by molar-refractivity contribution is -0.149. The van der Waals surface area contributed by atoms with Crippen molar-refractivity contribution in [3.63, 3.8) is 0 Å². The van der Waals surface area contributed by atoms with Gasteiger partial charge in [-0.3, -0.25) is 9.59 Å². The molecule has 0 saturated carbocycles. The molecule has 1 heterocycles. The van der Waals surface area contributed by atoms with Crippen LogP contribution in [0.3, 0.4) is 0 Å². The van der Waals surface area contributed by atoms with E-state index in [-0.39, 0.29) is 22.2 Å². The van der Waals surface area contributed by atoms with Gasteiger partial charge in [0.2, 0.25) is 5.91 Å². The van der Waals surface area contributed by atoms with Gasteiger partial charge in [-0.25, -0.2) is 4.79 Å². The Kier molecular flexibility index (Phi) is 6.19. The zero-order valence-electron chi connectivity index (χ0n) is 11.3. The molecule has 0 aromatic carbocycles. The fourth-order valence-electron chi connectivity index (χ4n) is 2.04. The fourth-order valence-corrected chi connectivity index (χ4v) is 3.35. The minimum absolute atomic E-state index is 0.0298. The molecule has 0 bridgehead atoms. The van der Waals surface area contributed by atoms with Gasteiger partial charge in [0.15, 0.2) is 5.12 Å². The van der Waals surface area contributed by atoms with Crippen LogP contribution in [-0.4, -0.2) is 56.8 Å². The highest BCUT2D eigenvalue weighted by Crippen LogP contribution is 2.28. The Morgan fingerprint density at radius 3 is 2.53 bits per heavy atom. The van der Waals surface area contributed by atoms with Crippen LogP contribution in [0.25, 0.3) is 0 Å². The largest absolute Gasteiger partial charge is 0.480 e. The Balaban J connectivity index is 2.67. The van der Waals surface area contributed by atoms with Crippen LogP contribution in [0, 0.1) is 5.92 Å². The first-order valence-electron chi connectivity index (χ1n) is 6.06. The molecule has 0 aromatic heterocycles. The van der Waals surface area contributed by atoms with Gasteiger partial charge in [-0.2, -0.15) is 11.8 Å². The van der Waals surface area contributed by atoms with Crippen LogP contribution in [0.5, 0.6) is 0 Å². The third-order valence-electron chi connectivity index (χ3n) is 3.12. The lowest BCUT2D eigenvalue weighted by Crippen LogP contribution is -2.43. The number of hydrogen-bond acceptors (Lipinski definition) is 5. The number of aliphatic carboxylic acids is 1. The molecule has 3 atom stereocenters. The van der Waals surface area contributed by atoms with Crippen LogP contribution < -0.4 is 0 Å². The highest BCUT2D eigenvalue weighted by atomic mass is 32.2. The predicted octanol–water partition coefficient (Wildman–Crippen LogP) is 1.32. The first-order chi connectivity index (χ1) is 8.86. The number of rotatable bonds is 5. The van der Waals surface area contributed by atoms with Crippen LogP contribution in [0.4, 0.5) is 0 Å². The Labute approximate surface area is 121 Å². The Morgan fingerprint density at radius 1 is 1.42 bits per heavy atom. The normalized spacial score (nSPS) is 24.3. The average molecular weight is 305 g/mol. The summed E-state index contributed by atoms with van der Waals surface area (Å²) < 4.78 is 0. The van der Waals surface area contributed by atoms with Crippen molar-refractivity contribution >= 4 is 40.5 Å². The predicted molar refractivity (Wildman–Crippen MR) is 77.4 cm³/mol. The van der Waals surface area contributed by atoms with Crippen molar-refractivity contribution in [2.75, 3.05) is 18.6 Å². The van der Waals surface area contributed by atoms with Crippen LogP contribution in [0.2, 0.25) is 0 Å². The van der Waals surface area contributed by atoms with Crippen LogP contribution >= 0.6 is 23.5 Å². The number of carbonyl (C=O) groups excluding carboxylic acids is 2. The number of carboxylic acid groups (broad SMARTS) is 1. The Hall–Kier alpha value is -0.690. The van der Waals surface area contributed by atoms with E-state index in [2.05, 4.69) is 0 Å². The molecule has 0 radical (unpaired) electrons. The lowest BCUT2D eigenvalue weighted by atomic mass is 10.1. The van der Waals surface area contributed by atoms with E-state index in [0.29, 0.717) is 18.7 Å². The van der Waals surface area contributed by atoms with Crippen molar-refractivity contribution in [3.8, 4) is 0 Å². The lowest BCUT2D eigenvalue weighted by Gasteiger charge is -2.24. The van der Waals surface area contributed by atoms with E-state index in [9.17, 15) is 19.5 Å². The molecule has 1 rings (SSSR count). The van der Waals surface area contributed by atoms with Gasteiger partial charge in [-0.1, -0.05) is 18.7 Å². The third kappa shape index (κ3) is 4.42. The summed E-state index contributed by atoms with van der Waals surface area (Å²) in [6.07, 6.45) is 2.42. The number of likely N-dealkylation sites (tertiary alicyclic amines) is 1. The average Bonchev–Trinajstić information content (AvgIpc) is 2.79. The molecule has 1 aliphatic rings. The molecule has 0 aromatic rings. The molecule has 5 nitrogen and oxygen atoms in total. The zero-order chi connectivity index (χ0) is 14.6. The van der Waals surface area contributed by atoms with E-state index in [4.69, 9.17) is 0 Å². The summed E-state index contributed by atoms with van der Waals surface area (Å²) in [6, 6.07) is -0.727. The van der Waals surface area contributed by atoms with Gasteiger partial charge in [-0.05, 0) is 12.7 Å². The van der Waals surface area contributed by atoms with E-state index in [1.54, 1.807) is 18.7 Å². The molecule has 1 fully saturated rings. The molecule has 1 N–H and O–H groups in total. The molecular formula is C12H19NO4S2. The molecule has 1 saturated heterocycles. The summed E-state index contributed by atoms with van der Waals surface area (Å²) in [7, 11) is 0. The molecule has 19 heavy (non-hydrogen) atoms. The summed E-state index contributed by atoms with van der Waals surface area (Å²) in [4.78, 5) is 35.8. The monoisotopic (exact) mass is 305 g/mol. The fraction of sp³-hybridized carbons (Fsp3) is 0.750. The van der Waals surface area contributed by atoms with E-state index in [1.165, 1.54) is 11.8 Å². The number of carboxylic acids is 1. The minimum atomic E-state index is -0.948. The maximum absolute atomic E-state index is 12.3. The topological polar surface area (TPSA) is 74.7 Å². The second-order valence-corrected chi connectivity index (χ2v) is 6.98. The minimum Gasteiger partial charge on any atom is -0.480 e. The van der Waals surface area contributed by atoms with Crippen molar-refractivity contribution in [1.29, 1.82) is 0 Å². The van der Waals surface area contributed by atoms with Gasteiger partial charge in [0.1, 0.15) is 6.04 Å². The van der Waals surface area contributed by atoms with Gasteiger partial charge >= 0.3 is 5.97 Å². The van der Waals surface area contributed by atoms with Crippen molar-refractivity contribution < 1.29 is 19.5 Å². The van der Waals surface area contributed by atoms with E-state index in [0.717, 1.165) is 11.8 Å². The molecule has 7 heteroatoms. The summed E-state index contributed by atoms with van der Waals surface area (Å²) in [5.41, 5.74) is 0. The molecule has 1 unspecified atom stereocenters. The SMILES string of the molecule is CS[C@H]1C[C@@H](C(=O)O)N(C(=O)C(C)CSC(C)=O)C1. The smallest absolute Gasteiger partial charge is 0.326 e. The van der Waals surface area contributed by atoms with Gasteiger partial charge < -0.3 is 10.0 Å².